The quantitative estimate of drug-likeness (QED) is 0.182. The van der Waals surface area contributed by atoms with Gasteiger partial charge in [-0.25, -0.2) is 18.7 Å². The number of alkyl halides is 5. The van der Waals surface area contributed by atoms with Gasteiger partial charge in [-0.1, -0.05) is 26.0 Å². The molecule has 3 heterocycles. The number of pyridine rings is 1. The Morgan fingerprint density at radius 1 is 0.975 bits per heavy atom. The number of hydrogen-bond acceptors (Lipinski definition) is 5. The topological polar surface area (TPSA) is 68.2 Å². The normalized spacial score (nSPS) is 15.3. The summed E-state index contributed by atoms with van der Waals surface area (Å²) in [6.07, 6.45) is -2.17. The van der Waals surface area contributed by atoms with Crippen molar-refractivity contribution in [3.8, 4) is 11.5 Å². The Labute approximate surface area is 229 Å². The van der Waals surface area contributed by atoms with Crippen molar-refractivity contribution in [2.75, 3.05) is 23.7 Å². The number of benzene rings is 2. The molecule has 4 aromatic rings. The van der Waals surface area contributed by atoms with Crippen LogP contribution in [0.3, 0.4) is 0 Å². The minimum Gasteiger partial charge on any atom is -0.436 e. The summed E-state index contributed by atoms with van der Waals surface area (Å²) in [4.78, 5) is 10.4. The third-order valence-electron chi connectivity index (χ3n) is 7.60. The number of oxazole rings is 1. The molecule has 0 atom stereocenters. The van der Waals surface area contributed by atoms with Gasteiger partial charge >= 0.3 is 6.18 Å². The molecule has 1 saturated heterocycles. The molecule has 1 aliphatic rings. The maximum absolute atomic E-state index is 15.1. The van der Waals surface area contributed by atoms with E-state index in [9.17, 15) is 13.2 Å². The van der Waals surface area contributed by atoms with Gasteiger partial charge < -0.3 is 15.1 Å². The van der Waals surface area contributed by atoms with Crippen molar-refractivity contribution in [1.82, 2.24) is 9.97 Å². The van der Waals surface area contributed by atoms with Gasteiger partial charge in [0.1, 0.15) is 11.3 Å². The predicted octanol–water partition coefficient (Wildman–Crippen LogP) is 8.40. The fraction of sp³-hybridized carbons (Fsp3) is 0.400. The average molecular weight is 559 g/mol. The Hall–Kier alpha value is -3.69. The van der Waals surface area contributed by atoms with Crippen molar-refractivity contribution in [1.29, 1.82) is 0 Å². The summed E-state index contributed by atoms with van der Waals surface area (Å²) >= 11 is 0. The van der Waals surface area contributed by atoms with E-state index in [0.29, 0.717) is 66.4 Å². The SMILES string of the molecule is CC(C)c1cc(N)cc2nc(-c3ccc(C(F)(F)CCC4CCN(c5ccc(C(F)(F)F)cn5)CC4)cc3)oc12. The number of anilines is 2. The summed E-state index contributed by atoms with van der Waals surface area (Å²) in [5, 5.41) is 0. The first-order valence-electron chi connectivity index (χ1n) is 13.4. The van der Waals surface area contributed by atoms with Gasteiger partial charge in [0, 0.05) is 48.1 Å². The van der Waals surface area contributed by atoms with Crippen molar-refractivity contribution >= 4 is 22.6 Å². The molecular weight excluding hydrogens is 527 g/mol. The van der Waals surface area contributed by atoms with Crippen LogP contribution in [-0.2, 0) is 12.1 Å². The zero-order valence-electron chi connectivity index (χ0n) is 22.3. The summed E-state index contributed by atoms with van der Waals surface area (Å²) in [5.41, 5.74) is 8.57. The van der Waals surface area contributed by atoms with Crippen molar-refractivity contribution in [3.05, 3.63) is 71.4 Å². The molecule has 0 aliphatic carbocycles. The zero-order valence-corrected chi connectivity index (χ0v) is 22.3. The first-order valence-corrected chi connectivity index (χ1v) is 13.4. The molecule has 10 heteroatoms. The lowest BCUT2D eigenvalue weighted by atomic mass is 9.89. The van der Waals surface area contributed by atoms with E-state index >= 15 is 8.78 Å². The minimum absolute atomic E-state index is 0.0640. The number of piperidine rings is 1. The number of aromatic nitrogens is 2. The van der Waals surface area contributed by atoms with Gasteiger partial charge in [-0.2, -0.15) is 13.2 Å². The van der Waals surface area contributed by atoms with E-state index in [2.05, 4.69) is 9.97 Å². The maximum Gasteiger partial charge on any atom is 0.417 e. The molecule has 40 heavy (non-hydrogen) atoms. The van der Waals surface area contributed by atoms with E-state index in [1.165, 1.54) is 18.2 Å². The van der Waals surface area contributed by atoms with Crippen molar-refractivity contribution < 1.29 is 26.4 Å². The molecule has 5 rings (SSSR count). The molecule has 0 radical (unpaired) electrons. The fourth-order valence-corrected chi connectivity index (χ4v) is 5.21. The third-order valence-corrected chi connectivity index (χ3v) is 7.60. The number of nitrogens with two attached hydrogens (primary N) is 1. The van der Waals surface area contributed by atoms with Crippen molar-refractivity contribution in [2.45, 2.75) is 57.5 Å². The lowest BCUT2D eigenvalue weighted by Crippen LogP contribution is -2.34. The van der Waals surface area contributed by atoms with Gasteiger partial charge in [0.2, 0.25) is 5.89 Å². The lowest BCUT2D eigenvalue weighted by molar-refractivity contribution is -0.137. The predicted molar refractivity (Wildman–Crippen MR) is 145 cm³/mol. The van der Waals surface area contributed by atoms with Crippen molar-refractivity contribution in [2.24, 2.45) is 5.92 Å². The fourth-order valence-electron chi connectivity index (χ4n) is 5.21. The zero-order chi connectivity index (χ0) is 28.7. The first-order chi connectivity index (χ1) is 18.9. The molecule has 0 spiro atoms. The van der Waals surface area contributed by atoms with Crippen LogP contribution in [0.4, 0.5) is 33.5 Å². The molecule has 0 amide bonds. The highest BCUT2D eigenvalue weighted by Gasteiger charge is 2.34. The molecule has 2 aromatic heterocycles. The molecule has 0 unspecified atom stereocenters. The molecule has 2 N–H and O–H groups in total. The number of rotatable bonds is 7. The van der Waals surface area contributed by atoms with Gasteiger partial charge in [-0.05, 0) is 67.5 Å². The van der Waals surface area contributed by atoms with Crippen LogP contribution < -0.4 is 10.6 Å². The first kappa shape index (κ1) is 27.9. The van der Waals surface area contributed by atoms with Gasteiger partial charge in [-0.3, -0.25) is 0 Å². The van der Waals surface area contributed by atoms with Crippen LogP contribution in [-0.4, -0.2) is 23.1 Å². The second kappa shape index (κ2) is 10.7. The molecular formula is C30H31F5N4O. The number of fused-ring (bicyclic) bond motifs is 1. The number of halogens is 5. The third kappa shape index (κ3) is 5.90. The summed E-state index contributed by atoms with van der Waals surface area (Å²) in [6.45, 7) is 5.20. The Morgan fingerprint density at radius 3 is 2.25 bits per heavy atom. The smallest absolute Gasteiger partial charge is 0.417 e. The molecule has 212 valence electrons. The largest absolute Gasteiger partial charge is 0.436 e. The van der Waals surface area contributed by atoms with Gasteiger partial charge in [0.15, 0.2) is 5.58 Å². The van der Waals surface area contributed by atoms with Crippen LogP contribution in [0.25, 0.3) is 22.6 Å². The summed E-state index contributed by atoms with van der Waals surface area (Å²) in [6, 6.07) is 12.0. The molecule has 1 aliphatic heterocycles. The Balaban J connectivity index is 1.18. The standard InChI is InChI=1S/C30H31F5N4O/c1-18(2)24-15-23(36)16-25-27(24)40-28(38-25)20-3-5-21(6-4-20)29(31,32)12-9-19-10-13-39(14-11-19)26-8-7-22(17-37-26)30(33,34)35/h3-8,15-19H,9-14,36H2,1-2H3. The second-order valence-corrected chi connectivity index (χ2v) is 10.8. The van der Waals surface area contributed by atoms with Gasteiger partial charge in [0.05, 0.1) is 5.56 Å². The van der Waals surface area contributed by atoms with E-state index < -0.39 is 17.7 Å². The summed E-state index contributed by atoms with van der Waals surface area (Å²) in [7, 11) is 0. The van der Waals surface area contributed by atoms with Crippen LogP contribution in [0.1, 0.15) is 62.1 Å². The van der Waals surface area contributed by atoms with E-state index in [4.69, 9.17) is 10.2 Å². The second-order valence-electron chi connectivity index (χ2n) is 10.8. The van der Waals surface area contributed by atoms with Crippen LogP contribution in [0, 0.1) is 5.92 Å². The van der Waals surface area contributed by atoms with Gasteiger partial charge in [0.25, 0.3) is 5.92 Å². The highest BCUT2D eigenvalue weighted by Crippen LogP contribution is 2.38. The van der Waals surface area contributed by atoms with Crippen LogP contribution >= 0.6 is 0 Å². The summed E-state index contributed by atoms with van der Waals surface area (Å²) < 4.78 is 74.6. The van der Waals surface area contributed by atoms with Crippen molar-refractivity contribution in [3.63, 3.8) is 0 Å². The van der Waals surface area contributed by atoms with Crippen LogP contribution in [0.15, 0.2) is 59.1 Å². The Morgan fingerprint density at radius 2 is 1.65 bits per heavy atom. The van der Waals surface area contributed by atoms with E-state index in [-0.39, 0.29) is 23.8 Å². The number of hydrogen-bond donors (Lipinski definition) is 1. The van der Waals surface area contributed by atoms with Crippen LogP contribution in [0.5, 0.6) is 0 Å². The van der Waals surface area contributed by atoms with E-state index in [1.54, 1.807) is 18.2 Å². The molecule has 5 nitrogen and oxygen atoms in total. The number of nitrogens with zero attached hydrogens (tertiary/aromatic N) is 3. The summed E-state index contributed by atoms with van der Waals surface area (Å²) in [5.74, 6) is -1.88. The lowest BCUT2D eigenvalue weighted by Gasteiger charge is -2.33. The monoisotopic (exact) mass is 558 g/mol. The molecule has 2 aromatic carbocycles. The van der Waals surface area contributed by atoms with Gasteiger partial charge in [-0.15, -0.1) is 0 Å². The van der Waals surface area contributed by atoms with Crippen LogP contribution in [0.2, 0.25) is 0 Å². The minimum atomic E-state index is -4.43. The molecule has 0 saturated carbocycles. The van der Waals surface area contributed by atoms with E-state index in [1.807, 2.05) is 24.8 Å². The highest BCUT2D eigenvalue weighted by atomic mass is 19.4. The Bertz CT molecular complexity index is 1450. The number of nitrogen functional groups attached to an aromatic ring is 1. The maximum atomic E-state index is 15.1. The Kier molecular flexibility index (Phi) is 7.46. The average Bonchev–Trinajstić information content (AvgIpc) is 3.35. The molecule has 0 bridgehead atoms. The van der Waals surface area contributed by atoms with E-state index in [0.717, 1.165) is 17.8 Å². The molecule has 1 fully saturated rings. The highest BCUT2D eigenvalue weighted by molar-refractivity contribution is 5.83.